The second-order valence-electron chi connectivity index (χ2n) is 9.92. The molecule has 44 heavy (non-hydrogen) atoms. The Morgan fingerprint density at radius 1 is 1.00 bits per heavy atom. The number of hydrogen-bond donors (Lipinski definition) is 1. The van der Waals surface area contributed by atoms with Gasteiger partial charge in [0.2, 0.25) is 11.8 Å². The number of amides is 2. The van der Waals surface area contributed by atoms with Gasteiger partial charge in [0.05, 0.1) is 28.3 Å². The molecule has 0 heterocycles. The van der Waals surface area contributed by atoms with Crippen LogP contribution < -0.4 is 14.4 Å². The van der Waals surface area contributed by atoms with E-state index < -0.39 is 56.9 Å². The quantitative estimate of drug-likeness (QED) is 0.207. The number of carbonyl (C=O) groups excluding carboxylic acids is 2. The maximum absolute atomic E-state index is 14.1. The third-order valence-corrected chi connectivity index (χ3v) is 9.00. The molecule has 0 aromatic heterocycles. The Kier molecular flexibility index (Phi) is 12.1. The highest BCUT2D eigenvalue weighted by Gasteiger charge is 2.37. The number of unbranched alkanes of at least 4 members (excludes halogenated alkanes) is 1. The van der Waals surface area contributed by atoms with Gasteiger partial charge in [-0.05, 0) is 60.9 Å². The third kappa shape index (κ3) is 8.66. The Bertz CT molecular complexity index is 1520. The van der Waals surface area contributed by atoms with Gasteiger partial charge in [0.15, 0.2) is 0 Å². The van der Waals surface area contributed by atoms with Crippen LogP contribution >= 0.6 is 11.6 Å². The molecule has 1 atom stereocenters. The van der Waals surface area contributed by atoms with Crippen molar-refractivity contribution in [1.82, 2.24) is 10.2 Å². The SMILES string of the molecule is CCCCNC(=O)C(CC)N(Cc1ccc(OC)cc1)C(=O)CN(c1ccc(Cl)c(C(F)(F)F)c1)S(=O)(=O)c1ccccc1. The Morgan fingerprint density at radius 3 is 2.23 bits per heavy atom. The first-order chi connectivity index (χ1) is 20.8. The molecular formula is C31H35ClF3N3O5S. The summed E-state index contributed by atoms with van der Waals surface area (Å²) in [5.41, 5.74) is -1.04. The van der Waals surface area contributed by atoms with Crippen molar-refractivity contribution in [3.63, 3.8) is 0 Å². The van der Waals surface area contributed by atoms with Crippen molar-refractivity contribution >= 4 is 39.1 Å². The van der Waals surface area contributed by atoms with Crippen molar-refractivity contribution in [3.05, 3.63) is 88.9 Å². The standard InChI is InChI=1S/C31H35ClF3N3O5S/c1-4-6-18-36-30(40)28(5-2)37(20-22-12-15-24(43-3)16-13-22)29(39)21-38(44(41,42)25-10-8-7-9-11-25)23-14-17-27(32)26(19-23)31(33,34)35/h7-17,19,28H,4-6,18,20-21H2,1-3H3,(H,36,40). The van der Waals surface area contributed by atoms with Crippen LogP contribution in [0.15, 0.2) is 77.7 Å². The fourth-order valence-electron chi connectivity index (χ4n) is 4.49. The summed E-state index contributed by atoms with van der Waals surface area (Å²) in [5.74, 6) is -0.647. The van der Waals surface area contributed by atoms with E-state index in [0.717, 1.165) is 25.0 Å². The summed E-state index contributed by atoms with van der Waals surface area (Å²) in [6.45, 7) is 3.11. The normalized spacial score (nSPS) is 12.3. The van der Waals surface area contributed by atoms with Crippen molar-refractivity contribution in [2.24, 2.45) is 0 Å². The second-order valence-corrected chi connectivity index (χ2v) is 12.2. The van der Waals surface area contributed by atoms with Gasteiger partial charge in [0.25, 0.3) is 10.0 Å². The first kappa shape index (κ1) is 34.7. The van der Waals surface area contributed by atoms with E-state index in [0.29, 0.717) is 28.2 Å². The van der Waals surface area contributed by atoms with E-state index in [2.05, 4.69) is 5.32 Å². The number of rotatable bonds is 14. The molecule has 0 fully saturated rings. The number of hydrogen-bond acceptors (Lipinski definition) is 5. The van der Waals surface area contributed by atoms with Crippen molar-refractivity contribution in [1.29, 1.82) is 0 Å². The summed E-state index contributed by atoms with van der Waals surface area (Å²) < 4.78 is 74.9. The number of halogens is 4. The van der Waals surface area contributed by atoms with Crippen LogP contribution in [-0.2, 0) is 32.3 Å². The lowest BCUT2D eigenvalue weighted by Gasteiger charge is -2.33. The monoisotopic (exact) mass is 653 g/mol. The Balaban J connectivity index is 2.11. The molecule has 0 aliphatic rings. The maximum Gasteiger partial charge on any atom is 0.417 e. The molecule has 8 nitrogen and oxygen atoms in total. The van der Waals surface area contributed by atoms with Crippen LogP contribution in [0, 0.1) is 0 Å². The molecule has 238 valence electrons. The van der Waals surface area contributed by atoms with Gasteiger partial charge in [0, 0.05) is 13.1 Å². The molecule has 13 heteroatoms. The lowest BCUT2D eigenvalue weighted by Crippen LogP contribution is -2.52. The first-order valence-electron chi connectivity index (χ1n) is 14.0. The average molecular weight is 654 g/mol. The summed E-state index contributed by atoms with van der Waals surface area (Å²) in [5, 5.41) is 2.20. The fourth-order valence-corrected chi connectivity index (χ4v) is 6.14. The van der Waals surface area contributed by atoms with Crippen LogP contribution in [0.5, 0.6) is 5.75 Å². The van der Waals surface area contributed by atoms with Gasteiger partial charge in [-0.3, -0.25) is 13.9 Å². The minimum Gasteiger partial charge on any atom is -0.497 e. The summed E-state index contributed by atoms with van der Waals surface area (Å²) in [4.78, 5) is 28.4. The lowest BCUT2D eigenvalue weighted by molar-refractivity contribution is -0.140. The number of carbonyl (C=O) groups is 2. The van der Waals surface area contributed by atoms with E-state index in [-0.39, 0.29) is 17.9 Å². The zero-order valence-electron chi connectivity index (χ0n) is 24.6. The molecule has 1 N–H and O–H groups in total. The smallest absolute Gasteiger partial charge is 0.417 e. The van der Waals surface area contributed by atoms with E-state index in [1.807, 2.05) is 6.92 Å². The minimum absolute atomic E-state index is 0.0732. The highest BCUT2D eigenvalue weighted by atomic mass is 35.5. The van der Waals surface area contributed by atoms with Gasteiger partial charge in [-0.1, -0.05) is 62.2 Å². The largest absolute Gasteiger partial charge is 0.497 e. The number of ether oxygens (including phenoxy) is 1. The van der Waals surface area contributed by atoms with Crippen molar-refractivity contribution < 1.29 is 35.9 Å². The second kappa shape index (κ2) is 15.3. The Labute approximate surface area is 260 Å². The van der Waals surface area contributed by atoms with Crippen LogP contribution in [0.4, 0.5) is 18.9 Å². The van der Waals surface area contributed by atoms with Crippen LogP contribution in [0.1, 0.15) is 44.2 Å². The molecule has 3 aromatic carbocycles. The van der Waals surface area contributed by atoms with Crippen LogP contribution in [-0.4, -0.2) is 51.4 Å². The van der Waals surface area contributed by atoms with Gasteiger partial charge >= 0.3 is 6.18 Å². The van der Waals surface area contributed by atoms with E-state index >= 15 is 0 Å². The zero-order valence-corrected chi connectivity index (χ0v) is 26.2. The molecule has 2 amide bonds. The van der Waals surface area contributed by atoms with Gasteiger partial charge < -0.3 is 15.0 Å². The Morgan fingerprint density at radius 2 is 1.66 bits per heavy atom. The van der Waals surface area contributed by atoms with Crippen molar-refractivity contribution in [2.45, 2.75) is 56.8 Å². The summed E-state index contributed by atoms with van der Waals surface area (Å²) in [7, 11) is -3.05. The van der Waals surface area contributed by atoms with Gasteiger partial charge in [-0.15, -0.1) is 0 Å². The minimum atomic E-state index is -4.89. The summed E-state index contributed by atoms with van der Waals surface area (Å²) >= 11 is 5.82. The van der Waals surface area contributed by atoms with E-state index in [1.165, 1.54) is 36.3 Å². The number of anilines is 1. The molecule has 0 bridgehead atoms. The summed E-state index contributed by atoms with van der Waals surface area (Å²) in [6.07, 6.45) is -3.14. The zero-order chi connectivity index (χ0) is 32.5. The molecular weight excluding hydrogens is 619 g/mol. The molecule has 0 aliphatic carbocycles. The maximum atomic E-state index is 14.1. The topological polar surface area (TPSA) is 96.0 Å². The molecule has 0 aliphatic heterocycles. The van der Waals surface area contributed by atoms with Crippen LogP contribution in [0.2, 0.25) is 5.02 Å². The molecule has 0 spiro atoms. The molecule has 3 aromatic rings. The van der Waals surface area contributed by atoms with E-state index in [1.54, 1.807) is 37.3 Å². The van der Waals surface area contributed by atoms with Gasteiger partial charge in [-0.25, -0.2) is 8.42 Å². The van der Waals surface area contributed by atoms with E-state index in [9.17, 15) is 31.2 Å². The predicted octanol–water partition coefficient (Wildman–Crippen LogP) is 6.29. The molecule has 0 saturated heterocycles. The molecule has 0 saturated carbocycles. The number of nitrogens with one attached hydrogen (secondary N) is 1. The third-order valence-electron chi connectivity index (χ3n) is 6.88. The van der Waals surface area contributed by atoms with Crippen LogP contribution in [0.3, 0.4) is 0 Å². The van der Waals surface area contributed by atoms with Gasteiger partial charge in [0.1, 0.15) is 18.3 Å². The predicted molar refractivity (Wildman–Crippen MR) is 163 cm³/mol. The lowest BCUT2D eigenvalue weighted by atomic mass is 10.1. The highest BCUT2D eigenvalue weighted by Crippen LogP contribution is 2.38. The Hall–Kier alpha value is -3.77. The number of alkyl halides is 3. The molecule has 3 rings (SSSR count). The number of nitrogens with zero attached hydrogens (tertiary/aromatic N) is 2. The summed E-state index contributed by atoms with van der Waals surface area (Å²) in [6, 6.07) is 15.5. The van der Waals surface area contributed by atoms with Crippen LogP contribution in [0.25, 0.3) is 0 Å². The molecule has 0 radical (unpaired) electrons. The van der Waals surface area contributed by atoms with E-state index in [4.69, 9.17) is 16.3 Å². The first-order valence-corrected chi connectivity index (χ1v) is 15.8. The fraction of sp³-hybridized carbons (Fsp3) is 0.355. The number of sulfonamides is 1. The number of benzene rings is 3. The highest BCUT2D eigenvalue weighted by molar-refractivity contribution is 7.92. The van der Waals surface area contributed by atoms with Crippen molar-refractivity contribution in [2.75, 3.05) is 24.5 Å². The molecule has 1 unspecified atom stereocenters. The van der Waals surface area contributed by atoms with Crippen molar-refractivity contribution in [3.8, 4) is 5.75 Å². The van der Waals surface area contributed by atoms with Gasteiger partial charge in [-0.2, -0.15) is 13.2 Å². The number of methoxy groups -OCH3 is 1. The average Bonchev–Trinajstić information content (AvgIpc) is 3.00.